The normalized spacial score (nSPS) is 13.0. The van der Waals surface area contributed by atoms with E-state index in [1.165, 1.54) is 28.5 Å². The molecule has 0 nitrogen and oxygen atoms in total. The van der Waals surface area contributed by atoms with Gasteiger partial charge in [-0.25, -0.2) is 0 Å². The molecule has 19 heavy (non-hydrogen) atoms. The number of rotatable bonds is 5. The third kappa shape index (κ3) is 3.88. The summed E-state index contributed by atoms with van der Waals surface area (Å²) in [7, 11) is 0.943. The molecule has 0 aliphatic heterocycles. The molecule has 2 aromatic rings. The van der Waals surface area contributed by atoms with E-state index in [4.69, 9.17) is 0 Å². The summed E-state index contributed by atoms with van der Waals surface area (Å²) in [5, 5.41) is 3.14. The summed E-state index contributed by atoms with van der Waals surface area (Å²) < 4.78 is 0. The van der Waals surface area contributed by atoms with Crippen molar-refractivity contribution in [1.29, 1.82) is 0 Å². The van der Waals surface area contributed by atoms with Crippen LogP contribution in [-0.4, -0.2) is 12.1 Å². The Morgan fingerprint density at radius 1 is 0.895 bits per heavy atom. The molecule has 0 aliphatic rings. The van der Waals surface area contributed by atoms with Crippen LogP contribution in [0.3, 0.4) is 0 Å². The summed E-state index contributed by atoms with van der Waals surface area (Å²) in [5.41, 5.74) is 2.90. The molecule has 2 aromatic carbocycles. The summed E-state index contributed by atoms with van der Waals surface area (Å²) in [6.07, 6.45) is 1.29. The van der Waals surface area contributed by atoms with Gasteiger partial charge >= 0.3 is 0 Å². The third-order valence-electron chi connectivity index (χ3n) is 3.44. The minimum absolute atomic E-state index is 0.00190. The number of hydrogen-bond donors (Lipinski definition) is 0. The first kappa shape index (κ1) is 14.7. The standard InChI is InChI=1S/C17H22P2/c1-4-19(17-12-8-6-10-15(17)3)13-18-16-11-7-5-9-14(16)2/h5-12,18H,4,13H2,1-3H3. The highest BCUT2D eigenvalue weighted by molar-refractivity contribution is 7.75. The lowest BCUT2D eigenvalue weighted by Gasteiger charge is -2.19. The molecule has 100 valence electrons. The fraction of sp³-hybridized carbons (Fsp3) is 0.294. The molecule has 0 saturated carbocycles. The third-order valence-corrected chi connectivity index (χ3v) is 8.49. The Balaban J connectivity index is 2.09. The van der Waals surface area contributed by atoms with Crippen LogP contribution in [0.5, 0.6) is 0 Å². The van der Waals surface area contributed by atoms with Gasteiger partial charge in [-0.15, -0.1) is 0 Å². The van der Waals surface area contributed by atoms with Gasteiger partial charge in [-0.2, -0.15) is 0 Å². The van der Waals surface area contributed by atoms with E-state index < -0.39 is 0 Å². The maximum absolute atomic E-state index is 2.33. The highest BCUT2D eigenvalue weighted by Crippen LogP contribution is 2.41. The first-order chi connectivity index (χ1) is 9.22. The Labute approximate surface area is 120 Å². The molecule has 2 atom stereocenters. The van der Waals surface area contributed by atoms with Gasteiger partial charge in [0, 0.05) is 0 Å². The van der Waals surface area contributed by atoms with Crippen LogP contribution in [0.25, 0.3) is 0 Å². The van der Waals surface area contributed by atoms with Crippen LogP contribution in [-0.2, 0) is 0 Å². The van der Waals surface area contributed by atoms with Crippen molar-refractivity contribution in [3.05, 3.63) is 59.7 Å². The van der Waals surface area contributed by atoms with Gasteiger partial charge in [0.2, 0.25) is 0 Å². The molecule has 2 rings (SSSR count). The van der Waals surface area contributed by atoms with Crippen molar-refractivity contribution in [2.75, 3.05) is 12.1 Å². The SMILES string of the molecule is CCP(CPc1ccccc1C)c1ccccc1C. The number of hydrogen-bond acceptors (Lipinski definition) is 0. The van der Waals surface area contributed by atoms with Crippen LogP contribution < -0.4 is 10.6 Å². The van der Waals surface area contributed by atoms with Crippen LogP contribution in [0.2, 0.25) is 0 Å². The average molecular weight is 288 g/mol. The Bertz CT molecular complexity index is 534. The van der Waals surface area contributed by atoms with Crippen LogP contribution >= 0.6 is 16.5 Å². The molecule has 0 saturated heterocycles. The van der Waals surface area contributed by atoms with Crippen molar-refractivity contribution in [1.82, 2.24) is 0 Å². The lowest BCUT2D eigenvalue weighted by molar-refractivity contribution is 1.47. The topological polar surface area (TPSA) is 0 Å². The highest BCUT2D eigenvalue weighted by Gasteiger charge is 2.11. The monoisotopic (exact) mass is 288 g/mol. The van der Waals surface area contributed by atoms with Crippen molar-refractivity contribution < 1.29 is 0 Å². The fourth-order valence-corrected chi connectivity index (χ4v) is 7.05. The molecule has 0 amide bonds. The smallest absolute Gasteiger partial charge is 0.00672 e. The summed E-state index contributed by atoms with van der Waals surface area (Å²) in [6, 6.07) is 17.7. The van der Waals surface area contributed by atoms with Crippen molar-refractivity contribution in [2.24, 2.45) is 0 Å². The first-order valence-electron chi connectivity index (χ1n) is 6.82. The van der Waals surface area contributed by atoms with Gasteiger partial charge in [-0.05, 0) is 47.6 Å². The summed E-state index contributed by atoms with van der Waals surface area (Å²) >= 11 is 0. The lowest BCUT2D eigenvalue weighted by Crippen LogP contribution is -2.09. The second-order valence-electron chi connectivity index (χ2n) is 4.79. The lowest BCUT2D eigenvalue weighted by atomic mass is 10.2. The molecule has 0 bridgehead atoms. The zero-order chi connectivity index (χ0) is 13.7. The highest BCUT2D eigenvalue weighted by atomic mass is 31.2. The molecule has 0 spiro atoms. The quantitative estimate of drug-likeness (QED) is 0.716. The predicted molar refractivity (Wildman–Crippen MR) is 92.3 cm³/mol. The second-order valence-corrected chi connectivity index (χ2v) is 9.14. The zero-order valence-corrected chi connectivity index (χ0v) is 13.9. The molecule has 0 aliphatic carbocycles. The van der Waals surface area contributed by atoms with Gasteiger partial charge in [-0.3, -0.25) is 0 Å². The Morgan fingerprint density at radius 3 is 2.16 bits per heavy atom. The van der Waals surface area contributed by atoms with E-state index in [1.54, 1.807) is 5.30 Å². The van der Waals surface area contributed by atoms with Crippen molar-refractivity contribution in [3.63, 3.8) is 0 Å². The molecule has 2 heteroatoms. The van der Waals surface area contributed by atoms with E-state index in [2.05, 4.69) is 69.3 Å². The van der Waals surface area contributed by atoms with E-state index in [-0.39, 0.29) is 7.92 Å². The molecule has 0 radical (unpaired) electrons. The van der Waals surface area contributed by atoms with E-state index >= 15 is 0 Å². The van der Waals surface area contributed by atoms with E-state index in [9.17, 15) is 0 Å². The van der Waals surface area contributed by atoms with Crippen LogP contribution in [0.4, 0.5) is 0 Å². The number of aryl methyl sites for hydroxylation is 2. The van der Waals surface area contributed by atoms with Gasteiger partial charge in [0.05, 0.1) is 0 Å². The first-order valence-corrected chi connectivity index (χ1v) is 9.74. The van der Waals surface area contributed by atoms with Crippen LogP contribution in [0, 0.1) is 13.8 Å². The van der Waals surface area contributed by atoms with Gasteiger partial charge in [-0.1, -0.05) is 72.0 Å². The Kier molecular flexibility index (Phi) is 5.56. The predicted octanol–water partition coefficient (Wildman–Crippen LogP) is 4.39. The van der Waals surface area contributed by atoms with Crippen LogP contribution in [0.15, 0.2) is 48.5 Å². The van der Waals surface area contributed by atoms with Crippen molar-refractivity contribution in [2.45, 2.75) is 20.8 Å². The molecule has 2 unspecified atom stereocenters. The largest absolute Gasteiger partial charge is 0.0854 e. The van der Waals surface area contributed by atoms with Gasteiger partial charge in [0.15, 0.2) is 0 Å². The van der Waals surface area contributed by atoms with Gasteiger partial charge in [0.25, 0.3) is 0 Å². The summed E-state index contributed by atoms with van der Waals surface area (Å²) in [5.74, 6) is 1.33. The summed E-state index contributed by atoms with van der Waals surface area (Å²) in [6.45, 7) is 6.81. The van der Waals surface area contributed by atoms with Crippen molar-refractivity contribution >= 4 is 27.1 Å². The molecule has 0 aromatic heterocycles. The van der Waals surface area contributed by atoms with E-state index in [0.717, 1.165) is 8.58 Å². The molecular formula is C17H22P2. The van der Waals surface area contributed by atoms with E-state index in [1.807, 2.05) is 0 Å². The van der Waals surface area contributed by atoms with Gasteiger partial charge in [0.1, 0.15) is 0 Å². The Morgan fingerprint density at radius 2 is 1.53 bits per heavy atom. The van der Waals surface area contributed by atoms with Crippen LogP contribution in [0.1, 0.15) is 18.1 Å². The minimum atomic E-state index is 0.00190. The fourth-order valence-electron chi connectivity index (χ4n) is 2.24. The zero-order valence-electron chi connectivity index (χ0n) is 12.0. The maximum Gasteiger partial charge on any atom is -0.00672 e. The Hall–Kier alpha value is -0.700. The van der Waals surface area contributed by atoms with E-state index in [0.29, 0.717) is 0 Å². The minimum Gasteiger partial charge on any atom is -0.0854 e. The second kappa shape index (κ2) is 7.18. The molecular weight excluding hydrogens is 266 g/mol. The average Bonchev–Trinajstić information content (AvgIpc) is 2.43. The summed E-state index contributed by atoms with van der Waals surface area (Å²) in [4.78, 5) is 0. The van der Waals surface area contributed by atoms with Crippen molar-refractivity contribution in [3.8, 4) is 0 Å². The molecule has 0 heterocycles. The number of benzene rings is 2. The van der Waals surface area contributed by atoms with Gasteiger partial charge < -0.3 is 0 Å². The molecule has 0 N–H and O–H groups in total. The maximum atomic E-state index is 2.33. The molecule has 0 fully saturated rings.